The number of carbonyl (C=O) groups excluding carboxylic acids is 1. The molecule has 0 aliphatic rings. The highest BCUT2D eigenvalue weighted by Crippen LogP contribution is 2.36. The van der Waals surface area contributed by atoms with Gasteiger partial charge in [-0.2, -0.15) is 5.10 Å². The van der Waals surface area contributed by atoms with Crippen LogP contribution in [0.1, 0.15) is 18.1 Å². The number of ether oxygens (including phenoxy) is 2. The molecule has 27 heavy (non-hydrogen) atoms. The number of nitrogens with one attached hydrogen (secondary N) is 1. The molecular weight excluding hydrogens is 476 g/mol. The molecule has 142 valence electrons. The molecule has 0 unspecified atom stereocenters. The van der Waals surface area contributed by atoms with Gasteiger partial charge >= 0.3 is 0 Å². The lowest BCUT2D eigenvalue weighted by molar-refractivity contribution is -0.120. The molecular formula is C20H20Br2N2O3. The van der Waals surface area contributed by atoms with Gasteiger partial charge in [0.05, 0.1) is 23.7 Å². The Balaban J connectivity index is 2.03. The monoisotopic (exact) mass is 494 g/mol. The first kappa shape index (κ1) is 21.2. The number of halogens is 2. The lowest BCUT2D eigenvalue weighted by Gasteiger charge is -2.13. The highest BCUT2D eigenvalue weighted by molar-refractivity contribution is 9.10. The lowest BCUT2D eigenvalue weighted by Crippen LogP contribution is -2.19. The van der Waals surface area contributed by atoms with Crippen LogP contribution in [0.4, 0.5) is 0 Å². The third kappa shape index (κ3) is 6.84. The molecule has 1 N–H and O–H groups in total. The molecule has 2 aromatic rings. The normalized spacial score (nSPS) is 10.6. The first-order valence-electron chi connectivity index (χ1n) is 8.29. The van der Waals surface area contributed by atoms with E-state index >= 15 is 0 Å². The van der Waals surface area contributed by atoms with E-state index in [0.717, 1.165) is 20.1 Å². The van der Waals surface area contributed by atoms with E-state index in [0.29, 0.717) is 24.7 Å². The van der Waals surface area contributed by atoms with Crippen LogP contribution in [0.3, 0.4) is 0 Å². The van der Waals surface area contributed by atoms with E-state index in [4.69, 9.17) is 9.47 Å². The Morgan fingerprint density at radius 2 is 1.96 bits per heavy atom. The summed E-state index contributed by atoms with van der Waals surface area (Å²) in [5.41, 5.74) is 4.21. The molecule has 0 aliphatic carbocycles. The van der Waals surface area contributed by atoms with Gasteiger partial charge in [-0.15, -0.1) is 0 Å². The first-order chi connectivity index (χ1) is 13.0. The molecule has 2 aromatic carbocycles. The van der Waals surface area contributed by atoms with Gasteiger partial charge in [-0.3, -0.25) is 4.79 Å². The predicted molar refractivity (Wildman–Crippen MR) is 115 cm³/mol. The van der Waals surface area contributed by atoms with E-state index in [2.05, 4.69) is 49.0 Å². The maximum atomic E-state index is 12.0. The number of carbonyl (C=O) groups is 1. The van der Waals surface area contributed by atoms with Gasteiger partial charge < -0.3 is 9.47 Å². The number of hydrogen-bond donors (Lipinski definition) is 1. The molecule has 0 saturated carbocycles. The second-order valence-corrected chi connectivity index (χ2v) is 7.23. The standard InChI is InChI=1S/C20H20Br2N2O3/c1-3-9-27-20-17(22)10-15(11-18(20)26-4-2)13-23-24-19(25)12-14-5-7-16(21)8-6-14/h3,5-8,10-11,13H,1,4,9,12H2,2H3,(H,24,25)/b23-13+. The Hall–Kier alpha value is -2.12. The Labute approximate surface area is 175 Å². The summed E-state index contributed by atoms with van der Waals surface area (Å²) in [6, 6.07) is 11.2. The van der Waals surface area contributed by atoms with E-state index in [1.54, 1.807) is 18.4 Å². The molecule has 5 nitrogen and oxygen atoms in total. The molecule has 0 fully saturated rings. The fourth-order valence-electron chi connectivity index (χ4n) is 2.21. The van der Waals surface area contributed by atoms with Crippen molar-refractivity contribution in [1.82, 2.24) is 5.43 Å². The Morgan fingerprint density at radius 3 is 2.63 bits per heavy atom. The van der Waals surface area contributed by atoms with Crippen molar-refractivity contribution in [2.45, 2.75) is 13.3 Å². The van der Waals surface area contributed by atoms with Crippen molar-refractivity contribution in [3.63, 3.8) is 0 Å². The highest BCUT2D eigenvalue weighted by Gasteiger charge is 2.11. The summed E-state index contributed by atoms with van der Waals surface area (Å²) in [4.78, 5) is 12.0. The van der Waals surface area contributed by atoms with Crippen molar-refractivity contribution in [3.05, 3.63) is 69.1 Å². The van der Waals surface area contributed by atoms with Crippen molar-refractivity contribution >= 4 is 44.0 Å². The summed E-state index contributed by atoms with van der Waals surface area (Å²) >= 11 is 6.85. The number of hydrogen-bond acceptors (Lipinski definition) is 4. The van der Waals surface area contributed by atoms with Crippen molar-refractivity contribution in [3.8, 4) is 11.5 Å². The van der Waals surface area contributed by atoms with E-state index in [-0.39, 0.29) is 12.3 Å². The maximum Gasteiger partial charge on any atom is 0.244 e. The van der Waals surface area contributed by atoms with Crippen molar-refractivity contribution < 1.29 is 14.3 Å². The third-order valence-electron chi connectivity index (χ3n) is 3.36. The van der Waals surface area contributed by atoms with Crippen LogP contribution in [0.5, 0.6) is 11.5 Å². The fraction of sp³-hybridized carbons (Fsp3) is 0.200. The van der Waals surface area contributed by atoms with Crippen LogP contribution < -0.4 is 14.9 Å². The van der Waals surface area contributed by atoms with Crippen LogP contribution in [-0.2, 0) is 11.2 Å². The molecule has 0 bridgehead atoms. The quantitative estimate of drug-likeness (QED) is 0.307. The van der Waals surface area contributed by atoms with Crippen LogP contribution in [0.2, 0.25) is 0 Å². The Bertz CT molecular complexity index is 821. The maximum absolute atomic E-state index is 12.0. The fourth-order valence-corrected chi connectivity index (χ4v) is 3.05. The molecule has 7 heteroatoms. The van der Waals surface area contributed by atoms with E-state index in [9.17, 15) is 4.79 Å². The summed E-state index contributed by atoms with van der Waals surface area (Å²) in [5, 5.41) is 4.02. The van der Waals surface area contributed by atoms with Crippen molar-refractivity contribution in [2.24, 2.45) is 5.10 Å². The summed E-state index contributed by atoms with van der Waals surface area (Å²) in [6.07, 6.45) is 3.48. The van der Waals surface area contributed by atoms with Gasteiger partial charge in [-0.25, -0.2) is 5.43 Å². The molecule has 0 saturated heterocycles. The van der Waals surface area contributed by atoms with Crippen LogP contribution in [-0.4, -0.2) is 25.3 Å². The first-order valence-corrected chi connectivity index (χ1v) is 9.88. The molecule has 0 aliphatic heterocycles. The van der Waals surface area contributed by atoms with Gasteiger partial charge in [-0.1, -0.05) is 40.7 Å². The average Bonchev–Trinajstić information content (AvgIpc) is 2.63. The zero-order chi connectivity index (χ0) is 19.6. The summed E-state index contributed by atoms with van der Waals surface area (Å²) in [5.74, 6) is 1.01. The Morgan fingerprint density at radius 1 is 1.22 bits per heavy atom. The highest BCUT2D eigenvalue weighted by atomic mass is 79.9. The second kappa shape index (κ2) is 10.9. The SMILES string of the molecule is C=CCOc1c(Br)cc(/C=N/NC(=O)Cc2ccc(Br)cc2)cc1OCC. The van der Waals surface area contributed by atoms with Gasteiger partial charge in [0.25, 0.3) is 0 Å². The van der Waals surface area contributed by atoms with Crippen molar-refractivity contribution in [1.29, 1.82) is 0 Å². The molecule has 0 radical (unpaired) electrons. The number of hydrazone groups is 1. The van der Waals surface area contributed by atoms with E-state index in [1.807, 2.05) is 37.3 Å². The zero-order valence-electron chi connectivity index (χ0n) is 14.9. The van der Waals surface area contributed by atoms with E-state index < -0.39 is 0 Å². The minimum atomic E-state index is -0.191. The topological polar surface area (TPSA) is 59.9 Å². The van der Waals surface area contributed by atoms with Gasteiger partial charge in [0.15, 0.2) is 11.5 Å². The summed E-state index contributed by atoms with van der Waals surface area (Å²) < 4.78 is 13.0. The smallest absolute Gasteiger partial charge is 0.244 e. The molecule has 2 rings (SSSR count). The Kier molecular flexibility index (Phi) is 8.54. The lowest BCUT2D eigenvalue weighted by atomic mass is 10.1. The number of amides is 1. The van der Waals surface area contributed by atoms with E-state index in [1.165, 1.54) is 0 Å². The van der Waals surface area contributed by atoms with Gasteiger partial charge in [-0.05, 0) is 58.2 Å². The average molecular weight is 496 g/mol. The van der Waals surface area contributed by atoms with Crippen LogP contribution in [0, 0.1) is 0 Å². The summed E-state index contributed by atoms with van der Waals surface area (Å²) in [6.45, 7) is 6.42. The van der Waals surface area contributed by atoms with Gasteiger partial charge in [0.2, 0.25) is 5.91 Å². The van der Waals surface area contributed by atoms with Crippen LogP contribution in [0.25, 0.3) is 0 Å². The molecule has 0 aromatic heterocycles. The van der Waals surface area contributed by atoms with Crippen LogP contribution in [0.15, 0.2) is 63.1 Å². The largest absolute Gasteiger partial charge is 0.490 e. The predicted octanol–water partition coefficient (Wildman–Crippen LogP) is 4.87. The molecule has 0 heterocycles. The van der Waals surface area contributed by atoms with Gasteiger partial charge in [0, 0.05) is 4.47 Å². The molecule has 1 amide bonds. The molecule has 0 atom stereocenters. The summed E-state index contributed by atoms with van der Waals surface area (Å²) in [7, 11) is 0. The minimum absolute atomic E-state index is 0.191. The number of rotatable bonds is 9. The second-order valence-electron chi connectivity index (χ2n) is 5.46. The van der Waals surface area contributed by atoms with Crippen LogP contribution >= 0.6 is 31.9 Å². The van der Waals surface area contributed by atoms with Crippen molar-refractivity contribution in [2.75, 3.05) is 13.2 Å². The number of nitrogens with zero attached hydrogens (tertiary/aromatic N) is 1. The zero-order valence-corrected chi connectivity index (χ0v) is 18.0. The number of benzene rings is 2. The molecule has 0 spiro atoms. The third-order valence-corrected chi connectivity index (χ3v) is 4.48. The minimum Gasteiger partial charge on any atom is -0.490 e. The van der Waals surface area contributed by atoms with Gasteiger partial charge in [0.1, 0.15) is 6.61 Å².